The van der Waals surface area contributed by atoms with Crippen LogP contribution in [0.2, 0.25) is 0 Å². The number of carbonyl (C=O) groups excluding carboxylic acids is 2. The third kappa shape index (κ3) is 2.46. The largest absolute Gasteiger partial charge is 0.353 e. The van der Waals surface area contributed by atoms with Gasteiger partial charge in [0.25, 0.3) is 0 Å². The highest BCUT2D eigenvalue weighted by molar-refractivity contribution is 5.97. The third-order valence-corrected chi connectivity index (χ3v) is 4.83. The minimum atomic E-state index is -0.460. The molecule has 132 valence electrons. The van der Waals surface area contributed by atoms with Crippen LogP contribution in [0.4, 0.5) is 10.5 Å². The first-order valence-corrected chi connectivity index (χ1v) is 8.41. The van der Waals surface area contributed by atoms with E-state index in [1.807, 2.05) is 60.7 Å². The summed E-state index contributed by atoms with van der Waals surface area (Å²) in [5, 5.41) is 2.25. The molecule has 1 atom stereocenters. The second kappa shape index (κ2) is 6.31. The van der Waals surface area contributed by atoms with Crippen LogP contribution in [0.15, 0.2) is 60.7 Å². The molecule has 0 aliphatic carbocycles. The second-order valence-electron chi connectivity index (χ2n) is 6.26. The lowest BCUT2D eigenvalue weighted by atomic mass is 10.1. The average molecular weight is 349 g/mol. The fourth-order valence-corrected chi connectivity index (χ4v) is 3.48. The number of nitrogens with zero attached hydrogens (tertiary/aromatic N) is 3. The number of fused-ring (bicyclic) bond motifs is 3. The van der Waals surface area contributed by atoms with Gasteiger partial charge in [-0.15, -0.1) is 0 Å². The van der Waals surface area contributed by atoms with Crippen molar-refractivity contribution in [1.82, 2.24) is 9.63 Å². The Morgan fingerprint density at radius 3 is 2.54 bits per heavy atom. The third-order valence-electron chi connectivity index (χ3n) is 4.83. The number of amides is 2. The van der Waals surface area contributed by atoms with Gasteiger partial charge in [-0.05, 0) is 24.3 Å². The summed E-state index contributed by atoms with van der Waals surface area (Å²) in [6.45, 7) is 0. The van der Waals surface area contributed by atoms with Gasteiger partial charge >= 0.3 is 6.03 Å². The number of para-hydroxylation sites is 2. The zero-order valence-corrected chi connectivity index (χ0v) is 14.6. The molecule has 0 N–H and O–H groups in total. The van der Waals surface area contributed by atoms with Gasteiger partial charge in [0.05, 0.1) is 24.7 Å². The Balaban J connectivity index is 1.68. The normalized spacial score (nSPS) is 16.2. The van der Waals surface area contributed by atoms with Crippen molar-refractivity contribution in [3.05, 3.63) is 66.4 Å². The van der Waals surface area contributed by atoms with E-state index in [0.29, 0.717) is 0 Å². The first kappa shape index (κ1) is 16.4. The second-order valence-corrected chi connectivity index (χ2v) is 6.26. The molecule has 0 bridgehead atoms. The Morgan fingerprint density at radius 2 is 1.81 bits per heavy atom. The van der Waals surface area contributed by atoms with Crippen LogP contribution in [-0.4, -0.2) is 35.7 Å². The first-order chi connectivity index (χ1) is 12.6. The van der Waals surface area contributed by atoms with Gasteiger partial charge in [-0.25, -0.2) is 4.79 Å². The maximum absolute atomic E-state index is 12.8. The summed E-state index contributed by atoms with van der Waals surface area (Å²) in [4.78, 5) is 32.5. The fraction of sp³-hybridized carbons (Fsp3) is 0.200. The Morgan fingerprint density at radius 1 is 1.12 bits per heavy atom. The smallest absolute Gasteiger partial charge is 0.315 e. The number of hydrogen-bond acceptors (Lipinski definition) is 3. The molecule has 1 aliphatic heterocycles. The first-order valence-electron chi connectivity index (χ1n) is 8.41. The van der Waals surface area contributed by atoms with E-state index < -0.39 is 6.04 Å². The summed E-state index contributed by atoms with van der Waals surface area (Å²) in [5.74, 6) is -0.0882. The summed E-state index contributed by atoms with van der Waals surface area (Å²) >= 11 is 0. The van der Waals surface area contributed by atoms with Gasteiger partial charge < -0.3 is 4.90 Å². The predicted octanol–water partition coefficient (Wildman–Crippen LogP) is 3.58. The summed E-state index contributed by atoms with van der Waals surface area (Å²) in [6, 6.07) is 18.3. The maximum Gasteiger partial charge on any atom is 0.353 e. The van der Waals surface area contributed by atoms with Crippen LogP contribution in [0.3, 0.4) is 0 Å². The lowest BCUT2D eigenvalue weighted by Gasteiger charge is -2.24. The van der Waals surface area contributed by atoms with E-state index in [-0.39, 0.29) is 18.4 Å². The monoisotopic (exact) mass is 349 g/mol. The van der Waals surface area contributed by atoms with E-state index in [9.17, 15) is 9.59 Å². The highest BCUT2D eigenvalue weighted by atomic mass is 16.7. The van der Waals surface area contributed by atoms with Crippen LogP contribution in [0.1, 0.15) is 18.2 Å². The number of anilines is 1. The Bertz CT molecular complexity index is 980. The molecule has 0 spiro atoms. The molecule has 1 aliphatic rings. The van der Waals surface area contributed by atoms with Crippen molar-refractivity contribution in [3.8, 4) is 0 Å². The van der Waals surface area contributed by atoms with Gasteiger partial charge in [0.2, 0.25) is 5.91 Å². The molecule has 3 aromatic rings. The molecular formula is C20H19N3O3. The summed E-state index contributed by atoms with van der Waals surface area (Å²) in [6.07, 6.45) is 0.140. The quantitative estimate of drug-likeness (QED) is 0.723. The molecule has 2 heterocycles. The molecule has 1 aromatic heterocycles. The van der Waals surface area contributed by atoms with Gasteiger partial charge in [-0.2, -0.15) is 5.06 Å². The van der Waals surface area contributed by atoms with Crippen molar-refractivity contribution in [2.75, 3.05) is 19.1 Å². The van der Waals surface area contributed by atoms with Crippen molar-refractivity contribution >= 4 is 28.5 Å². The topological polar surface area (TPSA) is 54.8 Å². The lowest BCUT2D eigenvalue weighted by molar-refractivity contribution is -0.130. The van der Waals surface area contributed by atoms with Crippen LogP contribution in [0.25, 0.3) is 10.9 Å². The molecule has 6 nitrogen and oxygen atoms in total. The molecule has 6 heteroatoms. The number of hydrogen-bond donors (Lipinski definition) is 0. The summed E-state index contributed by atoms with van der Waals surface area (Å²) in [7, 11) is 3.19. The van der Waals surface area contributed by atoms with Crippen LogP contribution in [-0.2, 0) is 9.63 Å². The van der Waals surface area contributed by atoms with Crippen LogP contribution >= 0.6 is 0 Å². The van der Waals surface area contributed by atoms with Gasteiger partial charge in [-0.3, -0.25) is 14.2 Å². The van der Waals surface area contributed by atoms with Crippen molar-refractivity contribution < 1.29 is 14.4 Å². The molecule has 0 saturated heterocycles. The number of benzene rings is 2. The summed E-state index contributed by atoms with van der Waals surface area (Å²) < 4.78 is 1.62. The maximum atomic E-state index is 12.8. The van der Waals surface area contributed by atoms with Gasteiger partial charge in [-0.1, -0.05) is 36.4 Å². The lowest BCUT2D eigenvalue weighted by Crippen LogP contribution is -2.33. The van der Waals surface area contributed by atoms with Crippen molar-refractivity contribution in [2.24, 2.45) is 0 Å². The molecule has 1 unspecified atom stereocenters. The average Bonchev–Trinajstić information content (AvgIpc) is 3.17. The van der Waals surface area contributed by atoms with Crippen molar-refractivity contribution in [3.63, 3.8) is 0 Å². The number of aromatic nitrogens is 1. The highest BCUT2D eigenvalue weighted by Crippen LogP contribution is 2.37. The zero-order valence-electron chi connectivity index (χ0n) is 14.6. The predicted molar refractivity (Wildman–Crippen MR) is 98.8 cm³/mol. The van der Waals surface area contributed by atoms with E-state index in [1.165, 1.54) is 12.2 Å². The van der Waals surface area contributed by atoms with Crippen LogP contribution in [0.5, 0.6) is 0 Å². The number of carbonyl (C=O) groups is 2. The van der Waals surface area contributed by atoms with E-state index in [2.05, 4.69) is 0 Å². The van der Waals surface area contributed by atoms with Gasteiger partial charge in [0.15, 0.2) is 0 Å². The Labute approximate surface area is 151 Å². The van der Waals surface area contributed by atoms with E-state index >= 15 is 0 Å². The molecular weight excluding hydrogens is 330 g/mol. The molecule has 4 rings (SSSR count). The molecule has 2 aromatic carbocycles. The van der Waals surface area contributed by atoms with Crippen molar-refractivity contribution in [2.45, 2.75) is 12.5 Å². The van der Waals surface area contributed by atoms with Gasteiger partial charge in [0, 0.05) is 18.1 Å². The molecule has 2 amide bonds. The SMILES string of the molecule is CON1C(=O)n2c(cc3ccccc32)C1CC(=O)N(C)c1ccccc1. The van der Waals surface area contributed by atoms with Crippen LogP contribution < -0.4 is 4.90 Å². The molecule has 26 heavy (non-hydrogen) atoms. The van der Waals surface area contributed by atoms with Crippen molar-refractivity contribution in [1.29, 1.82) is 0 Å². The minimum absolute atomic E-state index is 0.0882. The highest BCUT2D eigenvalue weighted by Gasteiger charge is 2.40. The zero-order chi connectivity index (χ0) is 18.3. The van der Waals surface area contributed by atoms with Gasteiger partial charge in [0.1, 0.15) is 6.04 Å². The Hall–Kier alpha value is -3.12. The summed E-state index contributed by atoms with van der Waals surface area (Å²) in [5.41, 5.74) is 2.40. The minimum Gasteiger partial charge on any atom is -0.315 e. The molecule has 0 radical (unpaired) electrons. The fourth-order valence-electron chi connectivity index (χ4n) is 3.48. The molecule has 0 fully saturated rings. The van der Waals surface area contributed by atoms with E-state index in [0.717, 1.165) is 22.3 Å². The van der Waals surface area contributed by atoms with E-state index in [1.54, 1.807) is 16.5 Å². The molecule has 0 saturated carbocycles. The van der Waals surface area contributed by atoms with E-state index in [4.69, 9.17) is 4.84 Å². The number of rotatable bonds is 4. The number of hydroxylamine groups is 2. The van der Waals surface area contributed by atoms with Crippen LogP contribution in [0, 0.1) is 0 Å². The standard InChI is InChI=1S/C20H19N3O3/c1-21(15-9-4-3-5-10-15)19(24)13-18-17-12-14-8-6-7-11-16(14)22(17)20(25)23(18)26-2/h3-12,18H,13H2,1-2H3. The Kier molecular flexibility index (Phi) is 3.97.